The van der Waals surface area contributed by atoms with Crippen molar-refractivity contribution in [2.24, 2.45) is 0 Å². The van der Waals surface area contributed by atoms with Crippen molar-refractivity contribution in [3.63, 3.8) is 0 Å². The van der Waals surface area contributed by atoms with Crippen LogP contribution in [0.4, 0.5) is 5.69 Å². The molecule has 0 saturated carbocycles. The fourth-order valence-corrected chi connectivity index (χ4v) is 6.21. The summed E-state index contributed by atoms with van der Waals surface area (Å²) in [5.41, 5.74) is 3.76. The number of unbranched alkanes of at least 4 members (excludes halogenated alkanes) is 1. The van der Waals surface area contributed by atoms with Gasteiger partial charge in [-0.15, -0.1) is 0 Å². The molecule has 0 aromatic heterocycles. The molecule has 0 aliphatic carbocycles. The summed E-state index contributed by atoms with van der Waals surface area (Å²) < 4.78 is 30.0. The van der Waals surface area contributed by atoms with Crippen molar-refractivity contribution in [1.29, 1.82) is 0 Å². The molecule has 40 heavy (non-hydrogen) atoms. The molecule has 7 nitrogen and oxygen atoms in total. The number of nitrogens with zero attached hydrogens (tertiary/aromatic N) is 2. The van der Waals surface area contributed by atoms with Gasteiger partial charge in [-0.1, -0.05) is 71.2 Å². The molecule has 214 valence electrons. The Morgan fingerprint density at radius 1 is 0.950 bits per heavy atom. The van der Waals surface area contributed by atoms with E-state index in [2.05, 4.69) is 21.2 Å². The van der Waals surface area contributed by atoms with E-state index in [0.717, 1.165) is 43.9 Å². The van der Waals surface area contributed by atoms with Gasteiger partial charge in [0.05, 0.1) is 10.6 Å². The Balaban J connectivity index is 2.04. The first-order valence-electron chi connectivity index (χ1n) is 13.4. The first-order chi connectivity index (χ1) is 18.9. The van der Waals surface area contributed by atoms with Gasteiger partial charge in [-0.25, -0.2) is 8.42 Å². The van der Waals surface area contributed by atoms with Crippen LogP contribution in [0.5, 0.6) is 0 Å². The molecular formula is C31H38BrN3O4S. The third-order valence-electron chi connectivity index (χ3n) is 6.76. The second kappa shape index (κ2) is 13.9. The average molecular weight is 629 g/mol. The normalized spacial score (nSPS) is 12.1. The summed E-state index contributed by atoms with van der Waals surface area (Å²) in [5.74, 6) is -0.758. The van der Waals surface area contributed by atoms with Crippen LogP contribution in [0.2, 0.25) is 0 Å². The highest BCUT2D eigenvalue weighted by atomic mass is 79.9. The Kier molecular flexibility index (Phi) is 10.9. The van der Waals surface area contributed by atoms with Crippen molar-refractivity contribution in [1.82, 2.24) is 10.2 Å². The van der Waals surface area contributed by atoms with Gasteiger partial charge in [-0.05, 0) is 81.1 Å². The maximum Gasteiger partial charge on any atom is 0.264 e. The zero-order valence-corrected chi connectivity index (χ0v) is 26.2. The highest BCUT2D eigenvalue weighted by molar-refractivity contribution is 9.10. The van der Waals surface area contributed by atoms with E-state index < -0.39 is 28.5 Å². The van der Waals surface area contributed by atoms with Gasteiger partial charge < -0.3 is 10.2 Å². The summed E-state index contributed by atoms with van der Waals surface area (Å²) in [4.78, 5) is 28.7. The van der Waals surface area contributed by atoms with Gasteiger partial charge in [0.1, 0.15) is 12.6 Å². The molecule has 0 heterocycles. The third-order valence-corrected chi connectivity index (χ3v) is 9.03. The number of nitrogens with one attached hydrogen (secondary N) is 1. The monoisotopic (exact) mass is 627 g/mol. The molecule has 9 heteroatoms. The molecule has 2 amide bonds. The topological polar surface area (TPSA) is 86.8 Å². The molecule has 3 aromatic rings. The van der Waals surface area contributed by atoms with Crippen molar-refractivity contribution >= 4 is 43.5 Å². The smallest absolute Gasteiger partial charge is 0.264 e. The lowest BCUT2D eigenvalue weighted by Crippen LogP contribution is -2.51. The van der Waals surface area contributed by atoms with Crippen LogP contribution in [0, 0.1) is 20.8 Å². The van der Waals surface area contributed by atoms with E-state index in [1.807, 2.05) is 64.1 Å². The molecule has 0 saturated heterocycles. The zero-order chi connectivity index (χ0) is 29.4. The summed E-state index contributed by atoms with van der Waals surface area (Å²) in [6.45, 7) is 9.49. The molecule has 0 bridgehead atoms. The fraction of sp³-hybridized carbons (Fsp3) is 0.355. The maximum atomic E-state index is 14.0. The van der Waals surface area contributed by atoms with Gasteiger partial charge >= 0.3 is 0 Å². The maximum absolute atomic E-state index is 14.0. The van der Waals surface area contributed by atoms with Crippen molar-refractivity contribution in [2.45, 2.75) is 64.9 Å². The van der Waals surface area contributed by atoms with Crippen LogP contribution >= 0.6 is 15.9 Å². The number of sulfonamides is 1. The number of hydrogen-bond donors (Lipinski definition) is 1. The van der Waals surface area contributed by atoms with Crippen molar-refractivity contribution < 1.29 is 18.0 Å². The van der Waals surface area contributed by atoms with Gasteiger partial charge in [0.25, 0.3) is 10.0 Å². The van der Waals surface area contributed by atoms with Crippen LogP contribution < -0.4 is 9.62 Å². The second-order valence-electron chi connectivity index (χ2n) is 10.1. The molecule has 0 spiro atoms. The molecule has 0 aliphatic rings. The van der Waals surface area contributed by atoms with Crippen molar-refractivity contribution in [3.8, 4) is 0 Å². The van der Waals surface area contributed by atoms with E-state index >= 15 is 0 Å². The first kappa shape index (κ1) is 31.4. The number of carbonyl (C=O) groups is 2. The minimum atomic E-state index is -4.10. The second-order valence-corrected chi connectivity index (χ2v) is 12.9. The van der Waals surface area contributed by atoms with Crippen LogP contribution in [0.3, 0.4) is 0 Å². The van der Waals surface area contributed by atoms with Gasteiger partial charge in [-0.2, -0.15) is 0 Å². The predicted octanol–water partition coefficient (Wildman–Crippen LogP) is 5.90. The Bertz CT molecular complexity index is 1440. The summed E-state index contributed by atoms with van der Waals surface area (Å²) in [7, 11) is -4.10. The van der Waals surface area contributed by atoms with Crippen molar-refractivity contribution in [3.05, 3.63) is 93.5 Å². The molecule has 3 rings (SSSR count). The van der Waals surface area contributed by atoms with Crippen LogP contribution in [-0.4, -0.2) is 44.3 Å². The molecular weight excluding hydrogens is 590 g/mol. The summed E-state index contributed by atoms with van der Waals surface area (Å²) >= 11 is 3.47. The SMILES string of the molecule is CCCCNC(=O)[C@@H](C)N(Cc1cccc(Br)c1)C(=O)CN(c1cc(C)ccc1C)S(=O)(=O)c1ccc(C)cc1. The van der Waals surface area contributed by atoms with Gasteiger partial charge in [-0.3, -0.25) is 13.9 Å². The summed E-state index contributed by atoms with van der Waals surface area (Å²) in [6, 6.07) is 18.8. The number of halogens is 1. The number of aryl methyl sites for hydroxylation is 3. The zero-order valence-electron chi connectivity index (χ0n) is 23.8. The Hall–Kier alpha value is -3.17. The van der Waals surface area contributed by atoms with E-state index in [9.17, 15) is 18.0 Å². The number of rotatable bonds is 12. The molecule has 0 fully saturated rings. The van der Waals surface area contributed by atoms with Crippen LogP contribution in [0.25, 0.3) is 0 Å². The standard InChI is InChI=1S/C31H38BrN3O4S/c1-6-7-17-33-31(37)25(5)34(20-26-9-8-10-27(32)19-26)30(36)21-35(29-18-23(3)11-14-24(29)4)40(38,39)28-15-12-22(2)13-16-28/h8-16,18-19,25H,6-7,17,20-21H2,1-5H3,(H,33,37)/t25-/m1/s1. The molecule has 0 aliphatic heterocycles. The van der Waals surface area contributed by atoms with E-state index in [1.54, 1.807) is 37.3 Å². The lowest BCUT2D eigenvalue weighted by Gasteiger charge is -2.32. The van der Waals surface area contributed by atoms with E-state index in [1.165, 1.54) is 4.90 Å². The quantitative estimate of drug-likeness (QED) is 0.253. The van der Waals surface area contributed by atoms with Crippen LogP contribution in [0.15, 0.2) is 76.1 Å². The average Bonchev–Trinajstić information content (AvgIpc) is 2.91. The molecule has 3 aromatic carbocycles. The summed E-state index contributed by atoms with van der Waals surface area (Å²) in [5, 5.41) is 2.90. The third kappa shape index (κ3) is 7.95. The first-order valence-corrected chi connectivity index (χ1v) is 15.7. The minimum Gasteiger partial charge on any atom is -0.354 e. The van der Waals surface area contributed by atoms with E-state index in [4.69, 9.17) is 0 Å². The summed E-state index contributed by atoms with van der Waals surface area (Å²) in [6.07, 6.45) is 1.75. The Morgan fingerprint density at radius 3 is 2.27 bits per heavy atom. The lowest BCUT2D eigenvalue weighted by molar-refractivity contribution is -0.139. The Morgan fingerprint density at radius 2 is 1.62 bits per heavy atom. The van der Waals surface area contributed by atoms with Gasteiger partial charge in [0.15, 0.2) is 0 Å². The predicted molar refractivity (Wildman–Crippen MR) is 164 cm³/mol. The fourth-order valence-electron chi connectivity index (χ4n) is 4.29. The minimum absolute atomic E-state index is 0.0932. The molecule has 0 unspecified atom stereocenters. The van der Waals surface area contributed by atoms with E-state index in [0.29, 0.717) is 12.2 Å². The van der Waals surface area contributed by atoms with E-state index in [-0.39, 0.29) is 17.3 Å². The number of anilines is 1. The number of carbonyl (C=O) groups excluding carboxylic acids is 2. The van der Waals surface area contributed by atoms with Crippen LogP contribution in [0.1, 0.15) is 48.9 Å². The molecule has 1 atom stereocenters. The van der Waals surface area contributed by atoms with Crippen LogP contribution in [-0.2, 0) is 26.2 Å². The largest absolute Gasteiger partial charge is 0.354 e. The van der Waals surface area contributed by atoms with Crippen molar-refractivity contribution in [2.75, 3.05) is 17.4 Å². The highest BCUT2D eigenvalue weighted by Crippen LogP contribution is 2.29. The number of benzene rings is 3. The molecule has 1 N–H and O–H groups in total. The molecule has 0 radical (unpaired) electrons. The highest BCUT2D eigenvalue weighted by Gasteiger charge is 2.33. The van der Waals surface area contributed by atoms with Gasteiger partial charge in [0.2, 0.25) is 11.8 Å². The Labute approximate surface area is 246 Å². The number of amides is 2. The van der Waals surface area contributed by atoms with Gasteiger partial charge in [0, 0.05) is 17.6 Å². The lowest BCUT2D eigenvalue weighted by atomic mass is 10.1. The number of hydrogen-bond acceptors (Lipinski definition) is 4.